The van der Waals surface area contributed by atoms with Gasteiger partial charge in [-0.05, 0) is 31.6 Å². The zero-order valence-electron chi connectivity index (χ0n) is 61.1. The van der Waals surface area contributed by atoms with Crippen LogP contribution in [0, 0.1) is 5.92 Å². The number of aliphatic hydroxyl groups excluding tert-OH is 1. The Labute approximate surface area is 575 Å². The molecule has 0 rings (SSSR count). The van der Waals surface area contributed by atoms with Crippen LogP contribution in [0.25, 0.3) is 0 Å². The van der Waals surface area contributed by atoms with E-state index in [9.17, 15) is 43.2 Å². The molecule has 0 saturated carbocycles. The zero-order chi connectivity index (χ0) is 69.1. The molecule has 558 valence electrons. The van der Waals surface area contributed by atoms with E-state index in [0.717, 1.165) is 102 Å². The first-order valence-corrected chi connectivity index (χ1v) is 42.2. The van der Waals surface area contributed by atoms with Gasteiger partial charge in [0.15, 0.2) is 12.2 Å². The number of carbonyl (C=O) groups is 4. The van der Waals surface area contributed by atoms with Gasteiger partial charge < -0.3 is 33.8 Å². The number of ether oxygens (including phenoxy) is 4. The molecule has 0 bridgehead atoms. The fraction of sp³-hybridized carbons (Fsp3) is 0.947. The molecule has 0 saturated heterocycles. The first-order chi connectivity index (χ1) is 45.6. The average molecular weight is 1380 g/mol. The van der Waals surface area contributed by atoms with Gasteiger partial charge in [0.05, 0.1) is 26.4 Å². The summed E-state index contributed by atoms with van der Waals surface area (Å²) in [5.74, 6) is -1.31. The van der Waals surface area contributed by atoms with Crippen LogP contribution in [0.1, 0.15) is 394 Å². The third-order valence-electron chi connectivity index (χ3n) is 17.9. The number of phosphoric ester groups is 2. The van der Waals surface area contributed by atoms with Crippen molar-refractivity contribution in [3.8, 4) is 0 Å². The smallest absolute Gasteiger partial charge is 0.462 e. The predicted molar refractivity (Wildman–Crippen MR) is 382 cm³/mol. The summed E-state index contributed by atoms with van der Waals surface area (Å²) in [7, 11) is -9.90. The number of hydrogen-bond donors (Lipinski definition) is 3. The molecule has 0 fully saturated rings. The number of rotatable bonds is 75. The average Bonchev–Trinajstić information content (AvgIpc) is 1.63. The third-order valence-corrected chi connectivity index (χ3v) is 19.8. The zero-order valence-corrected chi connectivity index (χ0v) is 62.9. The molecule has 0 aromatic carbocycles. The number of unbranched alkanes of at least 4 members (excludes halogenated alkanes) is 46. The highest BCUT2D eigenvalue weighted by molar-refractivity contribution is 7.47. The van der Waals surface area contributed by atoms with Gasteiger partial charge in [-0.25, -0.2) is 9.13 Å². The van der Waals surface area contributed by atoms with Crippen LogP contribution in [-0.4, -0.2) is 96.7 Å². The van der Waals surface area contributed by atoms with Gasteiger partial charge in [-0.2, -0.15) is 0 Å². The number of carbonyl (C=O) groups excluding carboxylic acids is 4. The second kappa shape index (κ2) is 68.2. The Hall–Kier alpha value is -1.94. The van der Waals surface area contributed by atoms with E-state index >= 15 is 0 Å². The maximum absolute atomic E-state index is 13.1. The number of aliphatic hydroxyl groups is 1. The van der Waals surface area contributed by atoms with Crippen molar-refractivity contribution in [1.82, 2.24) is 0 Å². The van der Waals surface area contributed by atoms with E-state index in [0.29, 0.717) is 25.7 Å². The Balaban J connectivity index is 5.15. The molecule has 0 heterocycles. The van der Waals surface area contributed by atoms with Crippen molar-refractivity contribution in [1.29, 1.82) is 0 Å². The second-order valence-electron chi connectivity index (χ2n) is 27.3. The molecule has 0 aromatic heterocycles. The number of hydrogen-bond acceptors (Lipinski definition) is 15. The molecule has 0 spiro atoms. The van der Waals surface area contributed by atoms with Crippen LogP contribution in [0.4, 0.5) is 0 Å². The van der Waals surface area contributed by atoms with Crippen LogP contribution in [0.2, 0.25) is 0 Å². The lowest BCUT2D eigenvalue weighted by atomic mass is 9.99. The topological polar surface area (TPSA) is 237 Å². The van der Waals surface area contributed by atoms with Crippen LogP contribution in [0.5, 0.6) is 0 Å². The summed E-state index contributed by atoms with van der Waals surface area (Å²) >= 11 is 0. The van der Waals surface area contributed by atoms with Crippen molar-refractivity contribution >= 4 is 39.5 Å². The molecule has 0 aliphatic carbocycles. The lowest BCUT2D eigenvalue weighted by Gasteiger charge is -2.21. The summed E-state index contributed by atoms with van der Waals surface area (Å²) in [5, 5.41) is 10.6. The minimum atomic E-state index is -4.95. The largest absolute Gasteiger partial charge is 0.472 e. The normalized spacial score (nSPS) is 14.3. The standard InChI is InChI=1S/C75H146O17P2/c1-6-10-13-16-19-22-24-25-26-27-28-29-30-31-32-33-34-35-41-46-51-56-61-75(80)92-71(65-86-73(78)59-54-49-44-40-37-36-38-42-47-52-57-68(5)9-4)67-90-94(83,84)88-63-69(76)62-87-93(81,82)89-66-70(64-85-72(77)58-53-48-43-21-18-15-12-8-3)91-74(79)60-55-50-45-39-23-20-17-14-11-7-2/h68-71,76H,6-67H2,1-5H3,(H,81,82)(H,83,84)/t68?,69-,70+,71+/m0/s1. The van der Waals surface area contributed by atoms with Crippen molar-refractivity contribution in [2.24, 2.45) is 5.92 Å². The Kier molecular flexibility index (Phi) is 66.8. The molecule has 6 atom stereocenters. The first kappa shape index (κ1) is 92.1. The van der Waals surface area contributed by atoms with Crippen LogP contribution < -0.4 is 0 Å². The Morgan fingerprint density at radius 3 is 0.755 bits per heavy atom. The van der Waals surface area contributed by atoms with Crippen LogP contribution >= 0.6 is 15.6 Å². The van der Waals surface area contributed by atoms with E-state index in [1.54, 1.807) is 0 Å². The number of esters is 4. The van der Waals surface area contributed by atoms with Crippen LogP contribution in [-0.2, 0) is 65.4 Å². The summed E-state index contributed by atoms with van der Waals surface area (Å²) in [6.45, 7) is 7.27. The summed E-state index contributed by atoms with van der Waals surface area (Å²) in [6, 6.07) is 0. The highest BCUT2D eigenvalue weighted by atomic mass is 31.2. The molecule has 94 heavy (non-hydrogen) atoms. The summed E-state index contributed by atoms with van der Waals surface area (Å²) in [5.41, 5.74) is 0. The Morgan fingerprint density at radius 2 is 0.511 bits per heavy atom. The van der Waals surface area contributed by atoms with Crippen molar-refractivity contribution in [2.75, 3.05) is 39.6 Å². The van der Waals surface area contributed by atoms with Gasteiger partial charge >= 0.3 is 39.5 Å². The fourth-order valence-corrected chi connectivity index (χ4v) is 13.1. The predicted octanol–water partition coefficient (Wildman–Crippen LogP) is 22.1. The van der Waals surface area contributed by atoms with E-state index in [4.69, 9.17) is 37.0 Å². The maximum atomic E-state index is 13.1. The summed E-state index contributed by atoms with van der Waals surface area (Å²) in [6.07, 6.45) is 57.0. The SMILES string of the molecule is CCCCCCCCCCCCCCCCCCCCCCCCC(=O)O[C@H](COC(=O)CCCCCCCCCCCCC(C)CC)COP(=O)(O)OC[C@@H](O)COP(=O)(O)OC[C@@H](COC(=O)CCCCCCCCCC)OC(=O)CCCCCCCCCCCC. The van der Waals surface area contributed by atoms with Crippen LogP contribution in [0.3, 0.4) is 0 Å². The lowest BCUT2D eigenvalue weighted by molar-refractivity contribution is -0.161. The van der Waals surface area contributed by atoms with E-state index in [1.165, 1.54) is 212 Å². The quantitative estimate of drug-likeness (QED) is 0.0222. The van der Waals surface area contributed by atoms with Crippen molar-refractivity contribution in [3.05, 3.63) is 0 Å². The van der Waals surface area contributed by atoms with Crippen molar-refractivity contribution in [2.45, 2.75) is 412 Å². The maximum Gasteiger partial charge on any atom is 0.472 e. The minimum absolute atomic E-state index is 0.106. The minimum Gasteiger partial charge on any atom is -0.462 e. The Morgan fingerprint density at radius 1 is 0.298 bits per heavy atom. The molecule has 3 unspecified atom stereocenters. The first-order valence-electron chi connectivity index (χ1n) is 39.2. The van der Waals surface area contributed by atoms with E-state index in [-0.39, 0.29) is 25.7 Å². The lowest BCUT2D eigenvalue weighted by Crippen LogP contribution is -2.30. The van der Waals surface area contributed by atoms with Gasteiger partial charge in [-0.1, -0.05) is 343 Å². The fourth-order valence-electron chi connectivity index (χ4n) is 11.5. The van der Waals surface area contributed by atoms with Crippen molar-refractivity contribution in [3.63, 3.8) is 0 Å². The van der Waals surface area contributed by atoms with Crippen LogP contribution in [0.15, 0.2) is 0 Å². The van der Waals surface area contributed by atoms with E-state index < -0.39 is 97.5 Å². The molecule has 0 radical (unpaired) electrons. The molecule has 0 aromatic rings. The molecular formula is C75H146O17P2. The molecule has 17 nitrogen and oxygen atoms in total. The van der Waals surface area contributed by atoms with Gasteiger partial charge in [-0.15, -0.1) is 0 Å². The molecule has 3 N–H and O–H groups in total. The molecular weight excluding hydrogens is 1230 g/mol. The molecule has 0 aliphatic heterocycles. The van der Waals surface area contributed by atoms with Gasteiger partial charge in [0.2, 0.25) is 0 Å². The summed E-state index contributed by atoms with van der Waals surface area (Å²) in [4.78, 5) is 72.6. The summed E-state index contributed by atoms with van der Waals surface area (Å²) < 4.78 is 68.3. The molecule has 19 heteroatoms. The molecule has 0 amide bonds. The monoisotopic (exact) mass is 1380 g/mol. The Bertz CT molecular complexity index is 1810. The highest BCUT2D eigenvalue weighted by Crippen LogP contribution is 2.45. The van der Waals surface area contributed by atoms with E-state index in [1.807, 2.05) is 0 Å². The van der Waals surface area contributed by atoms with Gasteiger partial charge in [-0.3, -0.25) is 37.3 Å². The van der Waals surface area contributed by atoms with Gasteiger partial charge in [0, 0.05) is 25.7 Å². The highest BCUT2D eigenvalue weighted by Gasteiger charge is 2.30. The number of phosphoric acid groups is 2. The van der Waals surface area contributed by atoms with Gasteiger partial charge in [0.25, 0.3) is 0 Å². The van der Waals surface area contributed by atoms with Crippen molar-refractivity contribution < 1.29 is 80.2 Å². The molecule has 0 aliphatic rings. The van der Waals surface area contributed by atoms with Gasteiger partial charge in [0.1, 0.15) is 19.3 Å². The second-order valence-corrected chi connectivity index (χ2v) is 30.2. The van der Waals surface area contributed by atoms with E-state index in [2.05, 4.69) is 34.6 Å². The third kappa shape index (κ3) is 67.3.